The molecule has 0 aliphatic carbocycles. The van der Waals surface area contributed by atoms with E-state index in [9.17, 15) is 4.79 Å². The van der Waals surface area contributed by atoms with Gasteiger partial charge in [-0.15, -0.1) is 0 Å². The van der Waals surface area contributed by atoms with Gasteiger partial charge in [-0.2, -0.15) is 0 Å². The zero-order valence-electron chi connectivity index (χ0n) is 14.4. The van der Waals surface area contributed by atoms with Crippen LogP contribution >= 0.6 is 0 Å². The largest absolute Gasteiger partial charge is 0.326 e. The number of carbonyl (C=O) groups is 1. The first-order valence-electron chi connectivity index (χ1n) is 8.14. The fourth-order valence-corrected chi connectivity index (χ4v) is 2.54. The van der Waals surface area contributed by atoms with Gasteiger partial charge in [0.15, 0.2) is 0 Å². The minimum absolute atomic E-state index is 0.0623. The highest BCUT2D eigenvalue weighted by molar-refractivity contribution is 5.88. The van der Waals surface area contributed by atoms with Gasteiger partial charge in [0.1, 0.15) is 11.6 Å². The summed E-state index contributed by atoms with van der Waals surface area (Å²) in [6, 6.07) is 11.9. The van der Waals surface area contributed by atoms with Gasteiger partial charge in [-0.05, 0) is 36.2 Å². The van der Waals surface area contributed by atoms with Gasteiger partial charge in [-0.3, -0.25) is 9.36 Å². The number of hydrogen-bond acceptors (Lipinski definition) is 4. The first kappa shape index (κ1) is 16.9. The van der Waals surface area contributed by atoms with Crippen molar-refractivity contribution >= 4 is 11.6 Å². The van der Waals surface area contributed by atoms with Crippen molar-refractivity contribution in [1.82, 2.24) is 19.9 Å². The highest BCUT2D eigenvalue weighted by Crippen LogP contribution is 2.10. The van der Waals surface area contributed by atoms with Crippen molar-refractivity contribution in [3.05, 3.63) is 71.9 Å². The van der Waals surface area contributed by atoms with Crippen molar-refractivity contribution < 1.29 is 4.79 Å². The van der Waals surface area contributed by atoms with E-state index in [2.05, 4.69) is 26.7 Å². The lowest BCUT2D eigenvalue weighted by molar-refractivity contribution is -0.114. The van der Waals surface area contributed by atoms with E-state index in [1.165, 1.54) is 6.92 Å². The first-order valence-corrected chi connectivity index (χ1v) is 8.14. The minimum Gasteiger partial charge on any atom is -0.326 e. The van der Waals surface area contributed by atoms with Crippen LogP contribution in [-0.4, -0.2) is 20.4 Å². The zero-order valence-corrected chi connectivity index (χ0v) is 14.4. The van der Waals surface area contributed by atoms with E-state index in [0.717, 1.165) is 41.5 Å². The van der Waals surface area contributed by atoms with Crippen LogP contribution in [0.25, 0.3) is 5.82 Å². The Hall–Kier alpha value is -2.99. The van der Waals surface area contributed by atoms with Crippen LogP contribution in [-0.2, 0) is 17.9 Å². The molecule has 0 spiro atoms. The van der Waals surface area contributed by atoms with E-state index < -0.39 is 0 Å². The molecule has 0 saturated heterocycles. The third kappa shape index (κ3) is 4.51. The Morgan fingerprint density at radius 2 is 1.76 bits per heavy atom. The Kier molecular flexibility index (Phi) is 5.20. The summed E-state index contributed by atoms with van der Waals surface area (Å²) in [5.41, 5.74) is 3.09. The number of aromatic nitrogens is 3. The lowest BCUT2D eigenvalue weighted by atomic mass is 10.2. The molecule has 0 unspecified atom stereocenters. The SMILES string of the molecule is CC(=O)Nc1ccc(CNCc2ccc(-n3ccnc3C)nc2)cc1. The summed E-state index contributed by atoms with van der Waals surface area (Å²) >= 11 is 0. The Labute approximate surface area is 146 Å². The predicted molar refractivity (Wildman–Crippen MR) is 97.4 cm³/mol. The van der Waals surface area contributed by atoms with Gasteiger partial charge < -0.3 is 10.6 Å². The Bertz CT molecular complexity index is 837. The normalized spacial score (nSPS) is 10.6. The van der Waals surface area contributed by atoms with Gasteiger partial charge >= 0.3 is 0 Å². The minimum atomic E-state index is -0.0623. The summed E-state index contributed by atoms with van der Waals surface area (Å²) < 4.78 is 1.95. The molecule has 0 aliphatic rings. The van der Waals surface area contributed by atoms with E-state index in [4.69, 9.17) is 0 Å². The number of aryl methyl sites for hydroxylation is 1. The smallest absolute Gasteiger partial charge is 0.221 e. The molecule has 0 fully saturated rings. The van der Waals surface area contributed by atoms with Crippen LogP contribution in [0.4, 0.5) is 5.69 Å². The molecule has 0 atom stereocenters. The van der Waals surface area contributed by atoms with Crippen molar-refractivity contribution in [2.24, 2.45) is 0 Å². The highest BCUT2D eigenvalue weighted by Gasteiger charge is 2.02. The quantitative estimate of drug-likeness (QED) is 0.726. The Morgan fingerprint density at radius 1 is 1.04 bits per heavy atom. The molecule has 1 aromatic carbocycles. The van der Waals surface area contributed by atoms with Gasteiger partial charge in [0.05, 0.1) is 0 Å². The molecule has 0 aliphatic heterocycles. The average molecular weight is 335 g/mol. The zero-order chi connectivity index (χ0) is 17.6. The third-order valence-corrected chi connectivity index (χ3v) is 3.81. The number of imidazole rings is 1. The van der Waals surface area contributed by atoms with Crippen LogP contribution in [0, 0.1) is 6.92 Å². The molecule has 2 aromatic heterocycles. The topological polar surface area (TPSA) is 71.8 Å². The number of rotatable bonds is 6. The van der Waals surface area contributed by atoms with Crippen molar-refractivity contribution in [2.75, 3.05) is 5.32 Å². The van der Waals surface area contributed by atoms with Gasteiger partial charge in [-0.1, -0.05) is 18.2 Å². The molecule has 0 saturated carbocycles. The van der Waals surface area contributed by atoms with Crippen LogP contribution < -0.4 is 10.6 Å². The summed E-state index contributed by atoms with van der Waals surface area (Å²) in [6.45, 7) is 4.95. The van der Waals surface area contributed by atoms with Crippen LogP contribution in [0.15, 0.2) is 55.0 Å². The van der Waals surface area contributed by atoms with Crippen molar-refractivity contribution in [3.63, 3.8) is 0 Å². The van der Waals surface area contributed by atoms with Gasteiger partial charge in [0.2, 0.25) is 5.91 Å². The molecule has 0 bridgehead atoms. The van der Waals surface area contributed by atoms with Crippen molar-refractivity contribution in [3.8, 4) is 5.82 Å². The van der Waals surface area contributed by atoms with Gasteiger partial charge in [-0.25, -0.2) is 9.97 Å². The third-order valence-electron chi connectivity index (χ3n) is 3.81. The standard InChI is InChI=1S/C19H21N5O/c1-14-21-9-10-24(14)19-8-5-17(13-22-19)12-20-11-16-3-6-18(7-4-16)23-15(2)25/h3-10,13,20H,11-12H2,1-2H3,(H,23,25). The first-order chi connectivity index (χ1) is 12.1. The number of benzene rings is 1. The fraction of sp³-hybridized carbons (Fsp3) is 0.211. The number of pyridine rings is 1. The molecule has 3 rings (SSSR count). The van der Waals surface area contributed by atoms with E-state index in [1.54, 1.807) is 6.20 Å². The molecular weight excluding hydrogens is 314 g/mol. The molecule has 6 heteroatoms. The summed E-state index contributed by atoms with van der Waals surface area (Å²) in [5.74, 6) is 1.72. The van der Waals surface area contributed by atoms with E-state index >= 15 is 0 Å². The van der Waals surface area contributed by atoms with Crippen LogP contribution in [0.1, 0.15) is 23.9 Å². The highest BCUT2D eigenvalue weighted by atomic mass is 16.1. The summed E-state index contributed by atoms with van der Waals surface area (Å²) in [5, 5.41) is 6.16. The number of amides is 1. The van der Waals surface area contributed by atoms with Crippen LogP contribution in [0.5, 0.6) is 0 Å². The number of nitrogens with zero attached hydrogens (tertiary/aromatic N) is 3. The van der Waals surface area contributed by atoms with Gasteiger partial charge in [0.25, 0.3) is 0 Å². The second kappa shape index (κ2) is 7.72. The monoisotopic (exact) mass is 335 g/mol. The van der Waals surface area contributed by atoms with Crippen LogP contribution in [0.2, 0.25) is 0 Å². The molecule has 2 heterocycles. The maximum atomic E-state index is 11.0. The van der Waals surface area contributed by atoms with Crippen molar-refractivity contribution in [2.45, 2.75) is 26.9 Å². The lowest BCUT2D eigenvalue weighted by Gasteiger charge is -2.08. The fourth-order valence-electron chi connectivity index (χ4n) is 2.54. The van der Waals surface area contributed by atoms with E-state index in [0.29, 0.717) is 0 Å². The molecule has 0 radical (unpaired) electrons. The average Bonchev–Trinajstić information content (AvgIpc) is 3.03. The summed E-state index contributed by atoms with van der Waals surface area (Å²) in [7, 11) is 0. The predicted octanol–water partition coefficient (Wildman–Crippen LogP) is 2.82. The number of hydrogen-bond donors (Lipinski definition) is 2. The number of nitrogens with one attached hydrogen (secondary N) is 2. The second-order valence-electron chi connectivity index (χ2n) is 5.85. The molecule has 25 heavy (non-hydrogen) atoms. The number of anilines is 1. The molecule has 2 N–H and O–H groups in total. The maximum Gasteiger partial charge on any atom is 0.221 e. The Morgan fingerprint density at radius 3 is 2.36 bits per heavy atom. The second-order valence-corrected chi connectivity index (χ2v) is 5.85. The van der Waals surface area contributed by atoms with Crippen LogP contribution in [0.3, 0.4) is 0 Å². The molecular formula is C19H21N5O. The molecule has 128 valence electrons. The lowest BCUT2D eigenvalue weighted by Crippen LogP contribution is -2.13. The molecule has 1 amide bonds. The molecule has 6 nitrogen and oxygen atoms in total. The summed E-state index contributed by atoms with van der Waals surface area (Å²) in [6.07, 6.45) is 5.55. The van der Waals surface area contributed by atoms with E-state index in [-0.39, 0.29) is 5.91 Å². The molecule has 3 aromatic rings. The maximum absolute atomic E-state index is 11.0. The number of carbonyl (C=O) groups excluding carboxylic acids is 1. The van der Waals surface area contributed by atoms with E-state index in [1.807, 2.05) is 54.2 Å². The van der Waals surface area contributed by atoms with Crippen molar-refractivity contribution in [1.29, 1.82) is 0 Å². The Balaban J connectivity index is 1.52. The van der Waals surface area contributed by atoms with Gasteiger partial charge in [0, 0.05) is 44.3 Å². The summed E-state index contributed by atoms with van der Waals surface area (Å²) in [4.78, 5) is 19.7.